The first-order valence-electron chi connectivity index (χ1n) is 12.2. The van der Waals surface area contributed by atoms with Gasteiger partial charge in [-0.25, -0.2) is 0 Å². The number of hydrogen-bond acceptors (Lipinski definition) is 2. The predicted molar refractivity (Wildman–Crippen MR) is 151 cm³/mol. The summed E-state index contributed by atoms with van der Waals surface area (Å²) in [7, 11) is 0. The maximum Gasteiger partial charge on any atom is 0.135 e. The number of benzene rings is 3. The summed E-state index contributed by atoms with van der Waals surface area (Å²) < 4.78 is 6.86. The number of thiophene rings is 1. The van der Waals surface area contributed by atoms with Crippen LogP contribution in [0.4, 0.5) is 0 Å². The second kappa shape index (κ2) is 9.85. The highest BCUT2D eigenvalue weighted by molar-refractivity contribution is 7.11. The number of allylic oxidation sites excluding steroid dienone is 6. The fraction of sp³-hybridized carbons (Fsp3) is 0.0588. The maximum atomic E-state index is 6.86. The summed E-state index contributed by atoms with van der Waals surface area (Å²) in [5.74, 6) is 1.81. The number of hydrogen-bond donors (Lipinski definition) is 0. The van der Waals surface area contributed by atoms with E-state index in [4.69, 9.17) is 4.42 Å². The van der Waals surface area contributed by atoms with E-state index >= 15 is 0 Å². The molecule has 2 heteroatoms. The molecule has 6 rings (SSSR count). The van der Waals surface area contributed by atoms with E-state index in [0.29, 0.717) is 0 Å². The molecule has 5 aromatic rings. The summed E-state index contributed by atoms with van der Waals surface area (Å²) in [5, 5.41) is 2.16. The minimum absolute atomic E-state index is 0.578. The zero-order valence-corrected chi connectivity index (χ0v) is 20.7. The van der Waals surface area contributed by atoms with Crippen LogP contribution in [0, 0.1) is 0 Å². The number of rotatable bonds is 6. The topological polar surface area (TPSA) is 13.1 Å². The van der Waals surface area contributed by atoms with Crippen molar-refractivity contribution < 1.29 is 4.42 Å². The third-order valence-electron chi connectivity index (χ3n) is 6.81. The van der Waals surface area contributed by atoms with Crippen molar-refractivity contribution in [1.29, 1.82) is 0 Å². The van der Waals surface area contributed by atoms with E-state index in [2.05, 4.69) is 145 Å². The smallest absolute Gasteiger partial charge is 0.135 e. The Balaban J connectivity index is 1.57. The van der Waals surface area contributed by atoms with Gasteiger partial charge >= 0.3 is 0 Å². The monoisotopic (exact) mass is 482 g/mol. The molecule has 2 heterocycles. The summed E-state index contributed by atoms with van der Waals surface area (Å²) in [6.07, 6.45) is 11.6. The molecule has 0 bridgehead atoms. The average molecular weight is 483 g/mol. The minimum Gasteiger partial charge on any atom is -0.459 e. The average Bonchev–Trinajstić information content (AvgIpc) is 3.55. The maximum absolute atomic E-state index is 6.86. The molecule has 174 valence electrons. The summed E-state index contributed by atoms with van der Waals surface area (Å²) in [4.78, 5) is 1.26. The molecular formula is C34H26OS. The first-order chi connectivity index (χ1) is 17.9. The van der Waals surface area contributed by atoms with Gasteiger partial charge in [-0.05, 0) is 52.3 Å². The molecule has 0 saturated carbocycles. The molecule has 36 heavy (non-hydrogen) atoms. The molecule has 0 atom stereocenters. The molecule has 0 radical (unpaired) electrons. The van der Waals surface area contributed by atoms with Crippen LogP contribution in [0.2, 0.25) is 0 Å². The second-order valence-corrected chi connectivity index (χ2v) is 9.80. The fourth-order valence-corrected chi connectivity index (χ4v) is 6.11. The van der Waals surface area contributed by atoms with E-state index in [1.807, 2.05) is 0 Å². The van der Waals surface area contributed by atoms with Crippen LogP contribution in [-0.4, -0.2) is 0 Å². The van der Waals surface area contributed by atoms with Crippen molar-refractivity contribution in [2.24, 2.45) is 0 Å². The number of furan rings is 1. The van der Waals surface area contributed by atoms with Gasteiger partial charge in [-0.15, -0.1) is 11.3 Å². The Kier molecular flexibility index (Phi) is 6.11. The Bertz CT molecular complexity index is 1440. The molecule has 0 amide bonds. The van der Waals surface area contributed by atoms with Gasteiger partial charge in [-0.2, -0.15) is 0 Å². The SMILES string of the molecule is C1=CC=C(c2sccc2-c2ccc(C(c3ccccc3)(c3ccccc3)c3ccccc3)o2)CC=C1. The third kappa shape index (κ3) is 3.90. The molecule has 0 aliphatic heterocycles. The molecule has 0 unspecified atom stereocenters. The van der Waals surface area contributed by atoms with Crippen molar-refractivity contribution in [2.45, 2.75) is 11.8 Å². The van der Waals surface area contributed by atoms with Gasteiger partial charge in [0, 0.05) is 10.4 Å². The standard InChI is InChI=1S/C34H26OS/c1-2-7-15-26(14-6-1)33-30(24-25-36-33)31-22-23-32(35-31)34(27-16-8-3-9-17-27,28-18-10-4-11-19-28)29-20-12-5-13-21-29/h1-14,16-25H,15H2. The Hall–Kier alpha value is -4.14. The van der Waals surface area contributed by atoms with Gasteiger partial charge in [0.25, 0.3) is 0 Å². The van der Waals surface area contributed by atoms with Gasteiger partial charge in [0.05, 0.1) is 0 Å². The van der Waals surface area contributed by atoms with Crippen molar-refractivity contribution >= 4 is 16.9 Å². The van der Waals surface area contributed by atoms with Crippen LogP contribution >= 0.6 is 11.3 Å². The lowest BCUT2D eigenvalue weighted by Gasteiger charge is -2.34. The largest absolute Gasteiger partial charge is 0.459 e. The summed E-state index contributed by atoms with van der Waals surface area (Å²) in [6.45, 7) is 0. The first-order valence-corrected chi connectivity index (χ1v) is 13.1. The molecule has 0 fully saturated rings. The van der Waals surface area contributed by atoms with Gasteiger partial charge in [0.2, 0.25) is 0 Å². The van der Waals surface area contributed by atoms with E-state index < -0.39 is 5.41 Å². The lowest BCUT2D eigenvalue weighted by Crippen LogP contribution is -2.30. The normalized spacial score (nSPS) is 13.4. The van der Waals surface area contributed by atoms with Crippen molar-refractivity contribution in [3.63, 3.8) is 0 Å². The highest BCUT2D eigenvalue weighted by atomic mass is 32.1. The molecule has 1 nitrogen and oxygen atoms in total. The van der Waals surface area contributed by atoms with Gasteiger partial charge in [-0.1, -0.05) is 121 Å². The van der Waals surface area contributed by atoms with Crippen LogP contribution in [0.15, 0.2) is 149 Å². The Morgan fingerprint density at radius 1 is 0.611 bits per heavy atom. The lowest BCUT2D eigenvalue weighted by molar-refractivity contribution is 0.472. The Labute approximate surface area is 216 Å². The third-order valence-corrected chi connectivity index (χ3v) is 7.80. The van der Waals surface area contributed by atoms with Crippen molar-refractivity contribution in [3.05, 3.63) is 172 Å². The Morgan fingerprint density at radius 2 is 1.22 bits per heavy atom. The Morgan fingerprint density at radius 3 is 1.83 bits per heavy atom. The molecule has 0 saturated heterocycles. The molecular weight excluding hydrogens is 456 g/mol. The summed E-state index contributed by atoms with van der Waals surface area (Å²) in [6, 6.07) is 38.5. The highest BCUT2D eigenvalue weighted by Gasteiger charge is 2.41. The van der Waals surface area contributed by atoms with Crippen molar-refractivity contribution in [3.8, 4) is 11.3 Å². The fourth-order valence-electron chi connectivity index (χ4n) is 5.17. The second-order valence-electron chi connectivity index (χ2n) is 8.88. The zero-order valence-electron chi connectivity index (χ0n) is 19.9. The quantitative estimate of drug-likeness (QED) is 0.220. The summed E-state index contributed by atoms with van der Waals surface area (Å²) in [5.41, 5.74) is 5.40. The molecule has 1 aliphatic rings. The lowest BCUT2D eigenvalue weighted by atomic mass is 9.68. The summed E-state index contributed by atoms with van der Waals surface area (Å²) >= 11 is 1.77. The van der Waals surface area contributed by atoms with Crippen LogP contribution in [0.1, 0.15) is 33.7 Å². The molecule has 3 aromatic carbocycles. The molecule has 2 aromatic heterocycles. The van der Waals surface area contributed by atoms with Gasteiger partial charge in [-0.3, -0.25) is 0 Å². The van der Waals surface area contributed by atoms with E-state index in [1.54, 1.807) is 11.3 Å². The van der Waals surface area contributed by atoms with Gasteiger partial charge in [0.15, 0.2) is 0 Å². The van der Waals surface area contributed by atoms with Crippen LogP contribution in [0.25, 0.3) is 16.9 Å². The zero-order chi connectivity index (χ0) is 24.2. The van der Waals surface area contributed by atoms with Crippen LogP contribution in [0.5, 0.6) is 0 Å². The van der Waals surface area contributed by atoms with E-state index in [1.165, 1.54) is 27.1 Å². The minimum atomic E-state index is -0.578. The predicted octanol–water partition coefficient (Wildman–Crippen LogP) is 9.29. The van der Waals surface area contributed by atoms with E-state index in [9.17, 15) is 0 Å². The van der Waals surface area contributed by atoms with E-state index in [0.717, 1.165) is 23.5 Å². The van der Waals surface area contributed by atoms with Gasteiger partial charge in [0.1, 0.15) is 16.9 Å². The van der Waals surface area contributed by atoms with Gasteiger partial charge < -0.3 is 4.42 Å². The van der Waals surface area contributed by atoms with Crippen molar-refractivity contribution in [2.75, 3.05) is 0 Å². The van der Waals surface area contributed by atoms with Crippen LogP contribution in [-0.2, 0) is 5.41 Å². The first kappa shape index (κ1) is 22.3. The van der Waals surface area contributed by atoms with E-state index in [-0.39, 0.29) is 0 Å². The molecule has 0 spiro atoms. The van der Waals surface area contributed by atoms with Crippen LogP contribution in [0.3, 0.4) is 0 Å². The van der Waals surface area contributed by atoms with Crippen molar-refractivity contribution in [1.82, 2.24) is 0 Å². The highest BCUT2D eigenvalue weighted by Crippen LogP contribution is 2.47. The molecule has 0 N–H and O–H groups in total. The molecule has 1 aliphatic carbocycles. The van der Waals surface area contributed by atoms with Crippen LogP contribution < -0.4 is 0 Å².